The van der Waals surface area contributed by atoms with Gasteiger partial charge in [-0.1, -0.05) is 5.16 Å². The maximum atomic E-state index is 11.9. The fraction of sp³-hybridized carbons (Fsp3) is 0.692. The van der Waals surface area contributed by atoms with Crippen LogP contribution in [0.25, 0.3) is 0 Å². The third kappa shape index (κ3) is 2.90. The van der Waals surface area contributed by atoms with Crippen molar-refractivity contribution in [2.45, 2.75) is 52.2 Å². The summed E-state index contributed by atoms with van der Waals surface area (Å²) in [4.78, 5) is 11.9. The van der Waals surface area contributed by atoms with Gasteiger partial charge in [-0.2, -0.15) is 0 Å². The second kappa shape index (κ2) is 5.52. The molecule has 0 spiro atoms. The first kappa shape index (κ1) is 13.1. The summed E-state index contributed by atoms with van der Waals surface area (Å²) in [7, 11) is 0. The van der Waals surface area contributed by atoms with Crippen LogP contribution in [0.1, 0.15) is 36.8 Å². The Labute approximate surface area is 107 Å². The molecule has 1 aromatic rings. The van der Waals surface area contributed by atoms with Crippen molar-refractivity contribution in [2.24, 2.45) is 0 Å². The van der Waals surface area contributed by atoms with Gasteiger partial charge in [0.15, 0.2) is 0 Å². The van der Waals surface area contributed by atoms with E-state index in [0.717, 1.165) is 30.7 Å². The van der Waals surface area contributed by atoms with Crippen LogP contribution in [-0.4, -0.2) is 29.8 Å². The molecule has 0 bridgehead atoms. The van der Waals surface area contributed by atoms with Crippen molar-refractivity contribution in [3.05, 3.63) is 17.0 Å². The van der Waals surface area contributed by atoms with Crippen LogP contribution in [0.2, 0.25) is 0 Å². The van der Waals surface area contributed by atoms with Crippen molar-refractivity contribution in [2.75, 3.05) is 6.61 Å². The number of ether oxygens (including phenoxy) is 1. The highest BCUT2D eigenvalue weighted by molar-refractivity contribution is 5.79. The zero-order valence-electron chi connectivity index (χ0n) is 11.2. The summed E-state index contributed by atoms with van der Waals surface area (Å²) in [6.07, 6.45) is 2.57. The fourth-order valence-electron chi connectivity index (χ4n) is 2.31. The van der Waals surface area contributed by atoms with E-state index in [2.05, 4.69) is 10.5 Å². The maximum absolute atomic E-state index is 11.9. The highest BCUT2D eigenvalue weighted by Crippen LogP contribution is 2.16. The van der Waals surface area contributed by atoms with Crippen LogP contribution in [0.4, 0.5) is 0 Å². The highest BCUT2D eigenvalue weighted by atomic mass is 16.5. The van der Waals surface area contributed by atoms with E-state index in [-0.39, 0.29) is 18.1 Å². The topological polar surface area (TPSA) is 64.4 Å². The molecule has 1 N–H and O–H groups in total. The zero-order chi connectivity index (χ0) is 13.1. The van der Waals surface area contributed by atoms with Gasteiger partial charge < -0.3 is 14.6 Å². The quantitative estimate of drug-likeness (QED) is 0.882. The predicted octanol–water partition coefficient (Wildman–Crippen LogP) is 1.52. The molecule has 1 aromatic heterocycles. The van der Waals surface area contributed by atoms with Crippen LogP contribution in [0.15, 0.2) is 4.52 Å². The number of rotatable bonds is 4. The molecule has 5 heteroatoms. The first-order valence-corrected chi connectivity index (χ1v) is 6.40. The Morgan fingerprint density at radius 2 is 2.33 bits per heavy atom. The molecule has 1 amide bonds. The van der Waals surface area contributed by atoms with Gasteiger partial charge in [-0.05, 0) is 33.6 Å². The average molecular weight is 252 g/mol. The van der Waals surface area contributed by atoms with Gasteiger partial charge in [0, 0.05) is 12.2 Å². The van der Waals surface area contributed by atoms with E-state index in [1.807, 2.05) is 20.8 Å². The minimum atomic E-state index is -0.00704. The Balaban J connectivity index is 1.88. The summed E-state index contributed by atoms with van der Waals surface area (Å²) in [5, 5.41) is 6.83. The predicted molar refractivity (Wildman–Crippen MR) is 66.3 cm³/mol. The van der Waals surface area contributed by atoms with E-state index in [9.17, 15) is 4.79 Å². The number of hydrogen-bond donors (Lipinski definition) is 1. The summed E-state index contributed by atoms with van der Waals surface area (Å²) < 4.78 is 10.6. The summed E-state index contributed by atoms with van der Waals surface area (Å²) in [5.74, 6) is 0.708. The Kier molecular flexibility index (Phi) is 4.01. The summed E-state index contributed by atoms with van der Waals surface area (Å²) in [5.41, 5.74) is 1.67. The maximum Gasteiger partial charge on any atom is 0.224 e. The van der Waals surface area contributed by atoms with E-state index in [4.69, 9.17) is 9.26 Å². The molecule has 1 fully saturated rings. The van der Waals surface area contributed by atoms with Gasteiger partial charge in [0.25, 0.3) is 0 Å². The fourth-order valence-corrected chi connectivity index (χ4v) is 2.31. The second-order valence-corrected chi connectivity index (χ2v) is 4.89. The van der Waals surface area contributed by atoms with Gasteiger partial charge in [-0.3, -0.25) is 4.79 Å². The van der Waals surface area contributed by atoms with E-state index < -0.39 is 0 Å². The zero-order valence-corrected chi connectivity index (χ0v) is 11.2. The van der Waals surface area contributed by atoms with Crippen molar-refractivity contribution < 1.29 is 14.1 Å². The van der Waals surface area contributed by atoms with Crippen molar-refractivity contribution in [1.29, 1.82) is 0 Å². The number of aryl methyl sites for hydroxylation is 2. The summed E-state index contributed by atoms with van der Waals surface area (Å²) in [6, 6.07) is 0.0560. The third-order valence-electron chi connectivity index (χ3n) is 3.43. The van der Waals surface area contributed by atoms with Crippen molar-refractivity contribution >= 4 is 5.91 Å². The third-order valence-corrected chi connectivity index (χ3v) is 3.43. The number of amides is 1. The molecule has 18 heavy (non-hydrogen) atoms. The van der Waals surface area contributed by atoms with Crippen LogP contribution in [0, 0.1) is 13.8 Å². The van der Waals surface area contributed by atoms with Crippen molar-refractivity contribution in [3.63, 3.8) is 0 Å². The van der Waals surface area contributed by atoms with Crippen molar-refractivity contribution in [3.8, 4) is 0 Å². The van der Waals surface area contributed by atoms with Gasteiger partial charge in [-0.25, -0.2) is 0 Å². The summed E-state index contributed by atoms with van der Waals surface area (Å²) in [6.45, 7) is 6.46. The molecule has 2 atom stereocenters. The molecule has 0 aromatic carbocycles. The van der Waals surface area contributed by atoms with E-state index in [1.165, 1.54) is 0 Å². The molecule has 1 saturated heterocycles. The van der Waals surface area contributed by atoms with Gasteiger partial charge >= 0.3 is 0 Å². The van der Waals surface area contributed by atoms with Crippen LogP contribution in [-0.2, 0) is 16.0 Å². The monoisotopic (exact) mass is 252 g/mol. The number of carbonyl (C=O) groups excluding carboxylic acids is 1. The lowest BCUT2D eigenvalue weighted by Crippen LogP contribution is -2.41. The first-order chi connectivity index (χ1) is 8.58. The lowest BCUT2D eigenvalue weighted by molar-refractivity contribution is -0.121. The Morgan fingerprint density at radius 3 is 2.89 bits per heavy atom. The molecule has 2 heterocycles. The minimum Gasteiger partial charge on any atom is -0.376 e. The highest BCUT2D eigenvalue weighted by Gasteiger charge is 2.24. The van der Waals surface area contributed by atoms with E-state index in [1.54, 1.807) is 0 Å². The Hall–Kier alpha value is -1.36. The molecular weight excluding hydrogens is 232 g/mol. The molecule has 0 aliphatic carbocycles. The van der Waals surface area contributed by atoms with Crippen LogP contribution < -0.4 is 5.32 Å². The molecule has 5 nitrogen and oxygen atoms in total. The lowest BCUT2D eigenvalue weighted by Gasteiger charge is -2.19. The SMILES string of the molecule is Cc1noc(C)c1CC(=O)NC(C)C1CCCO1. The molecule has 1 aliphatic rings. The van der Waals surface area contributed by atoms with Gasteiger partial charge in [0.1, 0.15) is 5.76 Å². The Bertz CT molecular complexity index is 402. The second-order valence-electron chi connectivity index (χ2n) is 4.89. The van der Waals surface area contributed by atoms with Crippen LogP contribution in [0.5, 0.6) is 0 Å². The molecule has 0 radical (unpaired) electrons. The summed E-state index contributed by atoms with van der Waals surface area (Å²) >= 11 is 0. The number of nitrogens with one attached hydrogen (secondary N) is 1. The first-order valence-electron chi connectivity index (χ1n) is 6.40. The lowest BCUT2D eigenvalue weighted by atomic mass is 10.1. The number of aromatic nitrogens is 1. The molecule has 0 saturated carbocycles. The molecule has 2 unspecified atom stereocenters. The van der Waals surface area contributed by atoms with E-state index in [0.29, 0.717) is 12.2 Å². The molecule has 1 aliphatic heterocycles. The smallest absolute Gasteiger partial charge is 0.224 e. The number of carbonyl (C=O) groups is 1. The van der Waals surface area contributed by atoms with E-state index >= 15 is 0 Å². The van der Waals surface area contributed by atoms with Gasteiger partial charge in [-0.15, -0.1) is 0 Å². The molecule has 100 valence electrons. The largest absolute Gasteiger partial charge is 0.376 e. The van der Waals surface area contributed by atoms with Gasteiger partial charge in [0.2, 0.25) is 5.91 Å². The standard InChI is InChI=1S/C13H20N2O3/c1-8-11(10(3)18-15-8)7-13(16)14-9(2)12-5-4-6-17-12/h9,12H,4-7H2,1-3H3,(H,14,16). The normalized spacial score (nSPS) is 20.9. The molecular formula is C13H20N2O3. The van der Waals surface area contributed by atoms with Crippen LogP contribution >= 0.6 is 0 Å². The number of nitrogens with zero attached hydrogens (tertiary/aromatic N) is 1. The molecule has 2 rings (SSSR count). The minimum absolute atomic E-state index is 0.00704. The Morgan fingerprint density at radius 1 is 1.56 bits per heavy atom. The van der Waals surface area contributed by atoms with Crippen molar-refractivity contribution in [1.82, 2.24) is 10.5 Å². The number of hydrogen-bond acceptors (Lipinski definition) is 4. The van der Waals surface area contributed by atoms with Crippen LogP contribution in [0.3, 0.4) is 0 Å². The average Bonchev–Trinajstić information content (AvgIpc) is 2.94. The van der Waals surface area contributed by atoms with Gasteiger partial charge in [0.05, 0.1) is 24.3 Å².